The number of hydrogen-bond acceptors (Lipinski definition) is 4. The molecule has 0 amide bonds. The summed E-state index contributed by atoms with van der Waals surface area (Å²) in [7, 11) is 1.30. The monoisotopic (exact) mass is 273 g/mol. The molecule has 0 aliphatic heterocycles. The first kappa shape index (κ1) is 15.2. The highest BCUT2D eigenvalue weighted by Crippen LogP contribution is 2.27. The van der Waals surface area contributed by atoms with Crippen LogP contribution < -0.4 is 10.1 Å². The number of methoxy groups -OCH3 is 1. The Hall–Kier alpha value is -1.85. The fraction of sp³-hybridized carbons (Fsp3) is 0.462. The molecular formula is C13H17F2NO3. The lowest BCUT2D eigenvalue weighted by Gasteiger charge is -2.23. The van der Waals surface area contributed by atoms with E-state index < -0.39 is 12.0 Å². The summed E-state index contributed by atoms with van der Waals surface area (Å²) in [6, 6.07) is 6.31. The van der Waals surface area contributed by atoms with Crippen LogP contribution in [-0.4, -0.2) is 26.2 Å². The van der Waals surface area contributed by atoms with Gasteiger partial charge in [-0.15, -0.1) is 0 Å². The van der Waals surface area contributed by atoms with Crippen LogP contribution in [0.5, 0.6) is 5.75 Å². The summed E-state index contributed by atoms with van der Waals surface area (Å²) in [5, 5.41) is 2.91. The molecule has 0 fully saturated rings. The van der Waals surface area contributed by atoms with Gasteiger partial charge >= 0.3 is 12.6 Å². The second-order valence-electron chi connectivity index (χ2n) is 4.60. The van der Waals surface area contributed by atoms with E-state index in [-0.39, 0.29) is 18.3 Å². The minimum absolute atomic E-state index is 0.0400. The standard InChI is InChI=1S/C13H17F2NO3/c1-13(2,11(17)18-3)8-16-9-6-4-5-7-10(9)19-12(14)15/h4-7,12,16H,8H2,1-3H3. The molecule has 4 nitrogen and oxygen atoms in total. The third-order valence-corrected chi connectivity index (χ3v) is 2.56. The second-order valence-corrected chi connectivity index (χ2v) is 4.60. The van der Waals surface area contributed by atoms with Crippen molar-refractivity contribution >= 4 is 11.7 Å². The first-order valence-corrected chi connectivity index (χ1v) is 5.73. The number of halogens is 2. The summed E-state index contributed by atoms with van der Waals surface area (Å²) in [5.41, 5.74) is -0.369. The zero-order valence-corrected chi connectivity index (χ0v) is 11.1. The van der Waals surface area contributed by atoms with Crippen LogP contribution in [-0.2, 0) is 9.53 Å². The molecule has 0 spiro atoms. The van der Waals surface area contributed by atoms with Crippen LogP contribution in [0.1, 0.15) is 13.8 Å². The van der Waals surface area contributed by atoms with E-state index in [2.05, 4.69) is 14.8 Å². The fourth-order valence-corrected chi connectivity index (χ4v) is 1.48. The van der Waals surface area contributed by atoms with Gasteiger partial charge in [-0.2, -0.15) is 8.78 Å². The van der Waals surface area contributed by atoms with Crippen LogP contribution in [0, 0.1) is 5.41 Å². The highest BCUT2D eigenvalue weighted by molar-refractivity contribution is 5.76. The second kappa shape index (κ2) is 6.36. The lowest BCUT2D eigenvalue weighted by Crippen LogP contribution is -2.33. The summed E-state index contributed by atoms with van der Waals surface area (Å²) < 4.78 is 33.5. The number of esters is 1. The third kappa shape index (κ3) is 4.39. The number of carbonyl (C=O) groups is 1. The molecule has 1 aromatic carbocycles. The average Bonchev–Trinajstić information content (AvgIpc) is 2.36. The van der Waals surface area contributed by atoms with Gasteiger partial charge in [0.25, 0.3) is 0 Å². The zero-order chi connectivity index (χ0) is 14.5. The average molecular weight is 273 g/mol. The number of nitrogens with one attached hydrogen (secondary N) is 1. The molecule has 0 heterocycles. The van der Waals surface area contributed by atoms with E-state index in [1.807, 2.05) is 0 Å². The minimum Gasteiger partial charge on any atom is -0.469 e. The Morgan fingerprint density at radius 1 is 1.37 bits per heavy atom. The first-order chi connectivity index (χ1) is 8.86. The summed E-state index contributed by atoms with van der Waals surface area (Å²) in [5.74, 6) is -0.342. The Bertz CT molecular complexity index is 436. The molecule has 0 saturated heterocycles. The largest absolute Gasteiger partial charge is 0.469 e. The number of ether oxygens (including phenoxy) is 2. The molecule has 0 radical (unpaired) electrons. The number of para-hydroxylation sites is 2. The van der Waals surface area contributed by atoms with Gasteiger partial charge in [-0.05, 0) is 26.0 Å². The minimum atomic E-state index is -2.89. The van der Waals surface area contributed by atoms with E-state index in [1.165, 1.54) is 13.2 Å². The van der Waals surface area contributed by atoms with Gasteiger partial charge in [0.15, 0.2) is 0 Å². The number of rotatable bonds is 6. The molecule has 0 saturated carbocycles. The van der Waals surface area contributed by atoms with Crippen molar-refractivity contribution in [2.45, 2.75) is 20.5 Å². The summed E-state index contributed by atoms with van der Waals surface area (Å²) in [6.45, 7) is 0.741. The number of alkyl halides is 2. The van der Waals surface area contributed by atoms with Crippen molar-refractivity contribution in [2.75, 3.05) is 19.0 Å². The van der Waals surface area contributed by atoms with Crippen molar-refractivity contribution in [1.82, 2.24) is 0 Å². The van der Waals surface area contributed by atoms with Gasteiger partial charge in [-0.25, -0.2) is 0 Å². The summed E-state index contributed by atoms with van der Waals surface area (Å²) in [4.78, 5) is 11.5. The molecule has 1 aromatic rings. The topological polar surface area (TPSA) is 47.6 Å². The summed E-state index contributed by atoms with van der Waals surface area (Å²) in [6.07, 6.45) is 0. The van der Waals surface area contributed by atoms with Crippen LogP contribution >= 0.6 is 0 Å². The van der Waals surface area contributed by atoms with Gasteiger partial charge in [0.05, 0.1) is 18.2 Å². The van der Waals surface area contributed by atoms with Crippen LogP contribution in [0.2, 0.25) is 0 Å². The Labute approximate surface area is 110 Å². The van der Waals surface area contributed by atoms with Crippen LogP contribution in [0.3, 0.4) is 0 Å². The molecular weight excluding hydrogens is 256 g/mol. The molecule has 1 rings (SSSR count). The van der Waals surface area contributed by atoms with Gasteiger partial charge in [0.1, 0.15) is 5.75 Å². The van der Waals surface area contributed by atoms with Crippen molar-refractivity contribution in [3.05, 3.63) is 24.3 Å². The van der Waals surface area contributed by atoms with E-state index in [9.17, 15) is 13.6 Å². The maximum Gasteiger partial charge on any atom is 0.387 e. The van der Waals surface area contributed by atoms with Gasteiger partial charge in [-0.1, -0.05) is 12.1 Å². The van der Waals surface area contributed by atoms with E-state index in [1.54, 1.807) is 32.0 Å². The molecule has 1 N–H and O–H groups in total. The van der Waals surface area contributed by atoms with Gasteiger partial charge in [0, 0.05) is 6.54 Å². The van der Waals surface area contributed by atoms with E-state index in [0.717, 1.165) is 0 Å². The van der Waals surface area contributed by atoms with Crippen molar-refractivity contribution in [1.29, 1.82) is 0 Å². The van der Waals surface area contributed by atoms with Gasteiger partial charge in [-0.3, -0.25) is 4.79 Å². The lowest BCUT2D eigenvalue weighted by atomic mass is 9.93. The quantitative estimate of drug-likeness (QED) is 0.810. The Morgan fingerprint density at radius 3 is 2.58 bits per heavy atom. The smallest absolute Gasteiger partial charge is 0.387 e. The molecule has 106 valence electrons. The van der Waals surface area contributed by atoms with Gasteiger partial charge < -0.3 is 14.8 Å². The van der Waals surface area contributed by atoms with Crippen molar-refractivity contribution in [3.63, 3.8) is 0 Å². The van der Waals surface area contributed by atoms with Crippen LogP contribution in [0.25, 0.3) is 0 Å². The SMILES string of the molecule is COC(=O)C(C)(C)CNc1ccccc1OC(F)F. The highest BCUT2D eigenvalue weighted by Gasteiger charge is 2.28. The van der Waals surface area contributed by atoms with Crippen LogP contribution in [0.15, 0.2) is 24.3 Å². The number of anilines is 1. The van der Waals surface area contributed by atoms with Crippen molar-refractivity contribution in [3.8, 4) is 5.75 Å². The third-order valence-electron chi connectivity index (χ3n) is 2.56. The zero-order valence-electron chi connectivity index (χ0n) is 11.1. The van der Waals surface area contributed by atoms with Crippen molar-refractivity contribution in [2.24, 2.45) is 5.41 Å². The Balaban J connectivity index is 2.75. The normalized spacial score (nSPS) is 11.3. The van der Waals surface area contributed by atoms with Crippen LogP contribution in [0.4, 0.5) is 14.5 Å². The molecule has 0 bridgehead atoms. The molecule has 0 aromatic heterocycles. The van der Waals surface area contributed by atoms with E-state index in [4.69, 9.17) is 0 Å². The van der Waals surface area contributed by atoms with E-state index in [0.29, 0.717) is 5.69 Å². The number of hydrogen-bond donors (Lipinski definition) is 1. The predicted octanol–water partition coefficient (Wildman–Crippen LogP) is 2.90. The maximum atomic E-state index is 12.2. The molecule has 0 aliphatic carbocycles. The summed E-state index contributed by atoms with van der Waals surface area (Å²) >= 11 is 0. The highest BCUT2D eigenvalue weighted by atomic mass is 19.3. The predicted molar refractivity (Wildman–Crippen MR) is 67.4 cm³/mol. The number of benzene rings is 1. The van der Waals surface area contributed by atoms with E-state index >= 15 is 0 Å². The molecule has 0 aliphatic rings. The Kier molecular flexibility index (Phi) is 5.09. The molecule has 19 heavy (non-hydrogen) atoms. The lowest BCUT2D eigenvalue weighted by molar-refractivity contribution is -0.149. The molecule has 6 heteroatoms. The maximum absolute atomic E-state index is 12.2. The molecule has 0 atom stereocenters. The van der Waals surface area contributed by atoms with Crippen molar-refractivity contribution < 1.29 is 23.0 Å². The Morgan fingerprint density at radius 2 is 2.00 bits per heavy atom. The first-order valence-electron chi connectivity index (χ1n) is 5.73. The number of carbonyl (C=O) groups excluding carboxylic acids is 1. The fourth-order valence-electron chi connectivity index (χ4n) is 1.48. The van der Waals surface area contributed by atoms with Gasteiger partial charge in [0.2, 0.25) is 0 Å². The molecule has 0 unspecified atom stereocenters.